The van der Waals surface area contributed by atoms with E-state index in [9.17, 15) is 0 Å². The number of pyridine rings is 1. The predicted molar refractivity (Wildman–Crippen MR) is 117 cm³/mol. The summed E-state index contributed by atoms with van der Waals surface area (Å²) in [5.74, 6) is 6.28. The number of fused-ring (bicyclic) bond motifs is 1. The fourth-order valence-corrected chi connectivity index (χ4v) is 3.08. The fraction of sp³-hybridized carbons (Fsp3) is 0.0417. The van der Waals surface area contributed by atoms with E-state index in [1.165, 1.54) is 0 Å². The number of nitrogens with one attached hydrogen (secondary N) is 1. The number of hydrogen-bond donors (Lipinski definition) is 2. The Morgan fingerprint density at radius 3 is 2.31 bits per heavy atom. The van der Waals surface area contributed by atoms with Crippen LogP contribution in [0.5, 0.6) is 5.75 Å². The first kappa shape index (κ1) is 18.4. The molecule has 5 heteroatoms. The van der Waals surface area contributed by atoms with Crippen LogP contribution in [0.15, 0.2) is 96.1 Å². The van der Waals surface area contributed by atoms with Gasteiger partial charge in [-0.15, -0.1) is 0 Å². The molecule has 0 spiro atoms. The highest BCUT2D eigenvalue weighted by atomic mass is 16.5. The summed E-state index contributed by atoms with van der Waals surface area (Å²) in [5.41, 5.74) is 4.05. The summed E-state index contributed by atoms with van der Waals surface area (Å²) in [5, 5.41) is 13.3. The number of hydrazone groups is 1. The molecule has 0 saturated heterocycles. The van der Waals surface area contributed by atoms with Crippen molar-refractivity contribution in [1.82, 2.24) is 4.98 Å². The quantitative estimate of drug-likeness (QED) is 0.292. The Morgan fingerprint density at radius 1 is 0.828 bits per heavy atom. The van der Waals surface area contributed by atoms with Gasteiger partial charge < -0.3 is 10.6 Å². The topological polar surface area (TPSA) is 84.4 Å². The van der Waals surface area contributed by atoms with Crippen LogP contribution < -0.4 is 10.6 Å². The molecule has 0 unspecified atom stereocenters. The van der Waals surface area contributed by atoms with Crippen LogP contribution in [-0.2, 0) is 6.61 Å². The van der Waals surface area contributed by atoms with Gasteiger partial charge in [0.25, 0.3) is 0 Å². The van der Waals surface area contributed by atoms with Crippen molar-refractivity contribution in [3.8, 4) is 5.75 Å². The van der Waals surface area contributed by atoms with Crippen molar-refractivity contribution in [3.63, 3.8) is 0 Å². The molecule has 0 atom stereocenters. The minimum Gasteiger partial charge on any atom is -0.487 e. The van der Waals surface area contributed by atoms with Crippen LogP contribution in [0.25, 0.3) is 10.9 Å². The lowest BCUT2D eigenvalue weighted by Gasteiger charge is -2.10. The van der Waals surface area contributed by atoms with Gasteiger partial charge in [0.15, 0.2) is 0 Å². The molecule has 0 fully saturated rings. The van der Waals surface area contributed by atoms with Crippen LogP contribution in [0.4, 0.5) is 0 Å². The summed E-state index contributed by atoms with van der Waals surface area (Å²) in [6.07, 6.45) is 0. The minimum atomic E-state index is 0.280. The van der Waals surface area contributed by atoms with Gasteiger partial charge in [-0.1, -0.05) is 54.6 Å². The molecular weight excluding hydrogens is 360 g/mol. The van der Waals surface area contributed by atoms with Crippen molar-refractivity contribution in [2.24, 2.45) is 10.9 Å². The third-order valence-corrected chi connectivity index (χ3v) is 4.60. The molecule has 0 aliphatic rings. The highest BCUT2D eigenvalue weighted by molar-refractivity contribution is 6.52. The summed E-state index contributed by atoms with van der Waals surface area (Å²) in [7, 11) is 0. The van der Waals surface area contributed by atoms with Gasteiger partial charge in [0.05, 0.1) is 16.9 Å². The van der Waals surface area contributed by atoms with Gasteiger partial charge in [-0.05, 0) is 36.4 Å². The molecule has 0 aliphatic carbocycles. The monoisotopic (exact) mass is 380 g/mol. The third-order valence-electron chi connectivity index (χ3n) is 4.60. The molecule has 5 nitrogen and oxygen atoms in total. The summed E-state index contributed by atoms with van der Waals surface area (Å²) < 4.78 is 5.87. The number of benzene rings is 3. The van der Waals surface area contributed by atoms with Crippen LogP contribution in [0.3, 0.4) is 0 Å². The van der Waals surface area contributed by atoms with Crippen LogP contribution in [-0.4, -0.2) is 16.4 Å². The molecule has 3 aromatic carbocycles. The Kier molecular flexibility index (Phi) is 5.29. The maximum absolute atomic E-state index is 8.39. The highest BCUT2D eigenvalue weighted by Gasteiger charge is 2.12. The van der Waals surface area contributed by atoms with E-state index in [4.69, 9.17) is 16.0 Å². The Labute approximate surface area is 169 Å². The summed E-state index contributed by atoms with van der Waals surface area (Å²) in [4.78, 5) is 4.62. The van der Waals surface area contributed by atoms with Crippen LogP contribution in [0.2, 0.25) is 0 Å². The van der Waals surface area contributed by atoms with Crippen molar-refractivity contribution >= 4 is 22.3 Å². The van der Waals surface area contributed by atoms with E-state index in [1.807, 2.05) is 91.0 Å². The maximum Gasteiger partial charge on any atom is 0.130 e. The van der Waals surface area contributed by atoms with E-state index in [2.05, 4.69) is 10.1 Å². The average molecular weight is 380 g/mol. The standard InChI is InChI=1S/C24H20N4O/c25-23(18-7-2-1-3-8-18)24(28-26)19-11-14-21(15-12-19)29-16-20-13-10-17-6-4-5-9-22(17)27-20/h1-15,25H,16,26H2/b25-23?,28-24-. The molecule has 0 aliphatic heterocycles. The third kappa shape index (κ3) is 4.14. The van der Waals surface area contributed by atoms with Crippen LogP contribution in [0, 0.1) is 5.41 Å². The Morgan fingerprint density at radius 2 is 1.55 bits per heavy atom. The molecule has 0 amide bonds. The van der Waals surface area contributed by atoms with Crippen molar-refractivity contribution in [2.75, 3.05) is 0 Å². The molecule has 142 valence electrons. The normalized spacial score (nSPS) is 11.4. The molecule has 0 saturated carbocycles. The van der Waals surface area contributed by atoms with Crippen LogP contribution >= 0.6 is 0 Å². The van der Waals surface area contributed by atoms with Crippen molar-refractivity contribution in [2.45, 2.75) is 6.61 Å². The smallest absolute Gasteiger partial charge is 0.130 e. The second kappa shape index (κ2) is 8.35. The second-order valence-corrected chi connectivity index (χ2v) is 6.53. The van der Waals surface area contributed by atoms with Crippen molar-refractivity contribution in [3.05, 3.63) is 108 Å². The van der Waals surface area contributed by atoms with E-state index in [0.29, 0.717) is 18.1 Å². The molecule has 4 rings (SSSR count). The van der Waals surface area contributed by atoms with E-state index < -0.39 is 0 Å². The van der Waals surface area contributed by atoms with Crippen molar-refractivity contribution in [1.29, 1.82) is 5.41 Å². The second-order valence-electron chi connectivity index (χ2n) is 6.53. The highest BCUT2D eigenvalue weighted by Crippen LogP contribution is 2.17. The van der Waals surface area contributed by atoms with Gasteiger partial charge in [0.2, 0.25) is 0 Å². The van der Waals surface area contributed by atoms with Gasteiger partial charge in [0, 0.05) is 16.5 Å². The Hall–Kier alpha value is -3.99. The molecule has 0 bridgehead atoms. The number of hydrogen-bond acceptors (Lipinski definition) is 5. The zero-order valence-corrected chi connectivity index (χ0v) is 15.7. The van der Waals surface area contributed by atoms with E-state index in [-0.39, 0.29) is 5.71 Å². The molecule has 3 N–H and O–H groups in total. The molecule has 1 heterocycles. The lowest BCUT2D eigenvalue weighted by molar-refractivity contribution is 0.302. The first-order valence-corrected chi connectivity index (χ1v) is 9.25. The number of para-hydroxylation sites is 1. The van der Waals surface area contributed by atoms with Crippen LogP contribution in [0.1, 0.15) is 16.8 Å². The van der Waals surface area contributed by atoms with Gasteiger partial charge >= 0.3 is 0 Å². The zero-order valence-electron chi connectivity index (χ0n) is 15.7. The summed E-state index contributed by atoms with van der Waals surface area (Å²) in [6, 6.07) is 28.8. The lowest BCUT2D eigenvalue weighted by atomic mass is 10.00. The largest absolute Gasteiger partial charge is 0.487 e. The van der Waals surface area contributed by atoms with Crippen molar-refractivity contribution < 1.29 is 4.74 Å². The summed E-state index contributed by atoms with van der Waals surface area (Å²) in [6.45, 7) is 0.377. The van der Waals surface area contributed by atoms with E-state index >= 15 is 0 Å². The zero-order chi connectivity index (χ0) is 20.1. The maximum atomic E-state index is 8.39. The molecule has 29 heavy (non-hydrogen) atoms. The van der Waals surface area contributed by atoms with Gasteiger partial charge in [0.1, 0.15) is 18.1 Å². The molecule has 0 radical (unpaired) electrons. The number of aromatic nitrogens is 1. The number of nitrogens with two attached hydrogens (primary N) is 1. The van der Waals surface area contributed by atoms with Gasteiger partial charge in [-0.3, -0.25) is 5.41 Å². The fourth-order valence-electron chi connectivity index (χ4n) is 3.08. The summed E-state index contributed by atoms with van der Waals surface area (Å²) >= 11 is 0. The number of rotatable bonds is 6. The van der Waals surface area contributed by atoms with E-state index in [1.54, 1.807) is 0 Å². The SMILES string of the molecule is N=C(/C(=N\N)c1ccc(OCc2ccc3ccccc3n2)cc1)c1ccccc1. The Balaban J connectivity index is 1.46. The van der Waals surface area contributed by atoms with Gasteiger partial charge in [-0.2, -0.15) is 5.10 Å². The minimum absolute atomic E-state index is 0.280. The van der Waals surface area contributed by atoms with Gasteiger partial charge in [-0.25, -0.2) is 4.98 Å². The first-order chi connectivity index (χ1) is 14.2. The number of ether oxygens (including phenoxy) is 1. The lowest BCUT2D eigenvalue weighted by Crippen LogP contribution is -2.17. The first-order valence-electron chi connectivity index (χ1n) is 9.25. The molecule has 1 aromatic heterocycles. The average Bonchev–Trinajstić information content (AvgIpc) is 2.79. The Bertz CT molecular complexity index is 1170. The number of nitrogens with zero attached hydrogens (tertiary/aromatic N) is 2. The van der Waals surface area contributed by atoms with E-state index in [0.717, 1.165) is 27.7 Å². The molecular formula is C24H20N4O. The molecule has 4 aromatic rings. The predicted octanol–water partition coefficient (Wildman–Crippen LogP) is 4.54.